The summed E-state index contributed by atoms with van der Waals surface area (Å²) in [5.74, 6) is 1.83. The van der Waals surface area contributed by atoms with E-state index in [4.69, 9.17) is 9.47 Å². The summed E-state index contributed by atoms with van der Waals surface area (Å²) in [5, 5.41) is 3.28. The summed E-state index contributed by atoms with van der Waals surface area (Å²) in [6.07, 6.45) is 8.62. The highest BCUT2D eigenvalue weighted by Crippen LogP contribution is 2.31. The normalized spacial score (nSPS) is 17.2. The number of carbonyl (C=O) groups excluding carboxylic acids is 1. The molecule has 1 fully saturated rings. The number of likely N-dealkylation sites (tertiary alicyclic amines) is 1. The molecule has 0 spiro atoms. The van der Waals surface area contributed by atoms with E-state index in [0.717, 1.165) is 50.4 Å². The molecule has 1 saturated heterocycles. The zero-order chi connectivity index (χ0) is 18.9. The van der Waals surface area contributed by atoms with Crippen LogP contribution >= 0.6 is 0 Å². The van der Waals surface area contributed by atoms with Crippen LogP contribution in [0.1, 0.15) is 57.4 Å². The Hall–Kier alpha value is -1.75. The van der Waals surface area contributed by atoms with Gasteiger partial charge in [-0.2, -0.15) is 0 Å². The average Bonchev–Trinajstić information content (AvgIpc) is 2.64. The number of hydrogen-bond donors (Lipinski definition) is 1. The van der Waals surface area contributed by atoms with Gasteiger partial charge in [0.05, 0.1) is 0 Å². The molecule has 1 N–H and O–H groups in total. The number of nitrogens with zero attached hydrogens (tertiary/aromatic N) is 1. The number of ether oxygens (including phenoxy) is 2. The van der Waals surface area contributed by atoms with Crippen molar-refractivity contribution in [1.82, 2.24) is 10.2 Å². The molecule has 5 heteroatoms. The Morgan fingerprint density at radius 1 is 1.11 bits per heavy atom. The minimum absolute atomic E-state index is 0.149. The van der Waals surface area contributed by atoms with Crippen molar-refractivity contribution in [1.29, 1.82) is 0 Å². The van der Waals surface area contributed by atoms with Gasteiger partial charge in [0.25, 0.3) is 0 Å². The molecule has 0 aromatic heterocycles. The van der Waals surface area contributed by atoms with Crippen LogP contribution in [0, 0.1) is 0 Å². The third-order valence-corrected chi connectivity index (χ3v) is 5.39. The molecule has 5 nitrogen and oxygen atoms in total. The molecule has 2 heterocycles. The van der Waals surface area contributed by atoms with E-state index >= 15 is 0 Å². The van der Waals surface area contributed by atoms with Gasteiger partial charge in [-0.3, -0.25) is 4.79 Å². The number of unbranched alkanes of at least 4 members (excludes halogenated alkanes) is 4. The van der Waals surface area contributed by atoms with Crippen molar-refractivity contribution in [2.75, 3.05) is 32.8 Å². The molecule has 150 valence electrons. The second kappa shape index (κ2) is 10.5. The van der Waals surface area contributed by atoms with Crippen molar-refractivity contribution >= 4 is 5.91 Å². The van der Waals surface area contributed by atoms with Gasteiger partial charge in [-0.1, -0.05) is 38.7 Å². The quantitative estimate of drug-likeness (QED) is 0.602. The molecule has 2 aliphatic rings. The number of rotatable bonds is 11. The van der Waals surface area contributed by atoms with E-state index in [2.05, 4.69) is 29.3 Å². The van der Waals surface area contributed by atoms with E-state index in [1.165, 1.54) is 31.2 Å². The van der Waals surface area contributed by atoms with Crippen LogP contribution in [0.4, 0.5) is 0 Å². The van der Waals surface area contributed by atoms with Crippen molar-refractivity contribution in [3.8, 4) is 11.5 Å². The molecule has 0 radical (unpaired) electrons. The monoisotopic (exact) mass is 374 g/mol. The van der Waals surface area contributed by atoms with Crippen molar-refractivity contribution in [3.63, 3.8) is 0 Å². The fourth-order valence-electron chi connectivity index (χ4n) is 3.73. The van der Waals surface area contributed by atoms with E-state index in [0.29, 0.717) is 19.6 Å². The summed E-state index contributed by atoms with van der Waals surface area (Å²) in [4.78, 5) is 14.8. The predicted octanol–water partition coefficient (Wildman–Crippen LogP) is 3.55. The molecule has 0 bridgehead atoms. The molecule has 2 aliphatic heterocycles. The van der Waals surface area contributed by atoms with E-state index in [1.54, 1.807) is 0 Å². The molecule has 0 unspecified atom stereocenters. The first kappa shape index (κ1) is 20.0. The maximum atomic E-state index is 12.4. The van der Waals surface area contributed by atoms with Crippen LogP contribution in [0.25, 0.3) is 0 Å². The minimum atomic E-state index is 0.149. The molecular formula is C22H34N2O3. The number of amides is 1. The SMILES string of the molecule is CCCCCCCC(=O)N[C@@H](Cc1ccc2c(c1)OCCO2)CN1CCC1. The summed E-state index contributed by atoms with van der Waals surface area (Å²) in [7, 11) is 0. The van der Waals surface area contributed by atoms with Crippen LogP contribution in [-0.4, -0.2) is 49.7 Å². The molecular weight excluding hydrogens is 340 g/mol. The number of carbonyl (C=O) groups is 1. The summed E-state index contributed by atoms with van der Waals surface area (Å²) in [5.41, 5.74) is 1.19. The Labute approximate surface area is 163 Å². The standard InChI is InChI=1S/C22H34N2O3/c1-2-3-4-5-6-8-22(25)23-19(17-24-11-7-12-24)15-18-9-10-20-21(16-18)27-14-13-26-20/h9-10,16,19H,2-8,11-15,17H2,1H3,(H,23,25)/t19-/m0/s1. The zero-order valence-electron chi connectivity index (χ0n) is 16.7. The van der Waals surface area contributed by atoms with Crippen molar-refractivity contribution < 1.29 is 14.3 Å². The lowest BCUT2D eigenvalue weighted by Gasteiger charge is -2.34. The van der Waals surface area contributed by atoms with E-state index < -0.39 is 0 Å². The van der Waals surface area contributed by atoms with E-state index in [-0.39, 0.29) is 11.9 Å². The van der Waals surface area contributed by atoms with Gasteiger partial charge in [0.1, 0.15) is 13.2 Å². The Bertz CT molecular complexity index is 601. The van der Waals surface area contributed by atoms with Crippen molar-refractivity contribution in [2.45, 2.75) is 64.3 Å². The largest absolute Gasteiger partial charge is 0.486 e. The van der Waals surface area contributed by atoms with Gasteiger partial charge < -0.3 is 19.7 Å². The topological polar surface area (TPSA) is 50.8 Å². The molecule has 0 aliphatic carbocycles. The molecule has 3 rings (SSSR count). The molecule has 0 saturated carbocycles. The van der Waals surface area contributed by atoms with Crippen LogP contribution < -0.4 is 14.8 Å². The Morgan fingerprint density at radius 3 is 2.63 bits per heavy atom. The van der Waals surface area contributed by atoms with Crippen LogP contribution in [-0.2, 0) is 11.2 Å². The number of hydrogen-bond acceptors (Lipinski definition) is 4. The first-order valence-corrected chi connectivity index (χ1v) is 10.6. The number of nitrogens with one attached hydrogen (secondary N) is 1. The van der Waals surface area contributed by atoms with E-state index in [9.17, 15) is 4.79 Å². The van der Waals surface area contributed by atoms with Crippen molar-refractivity contribution in [2.24, 2.45) is 0 Å². The van der Waals surface area contributed by atoms with Gasteiger partial charge in [0.2, 0.25) is 5.91 Å². The highest BCUT2D eigenvalue weighted by molar-refractivity contribution is 5.76. The summed E-state index contributed by atoms with van der Waals surface area (Å²) in [6, 6.07) is 6.29. The summed E-state index contributed by atoms with van der Waals surface area (Å²) < 4.78 is 11.3. The van der Waals surface area contributed by atoms with Gasteiger partial charge in [-0.15, -0.1) is 0 Å². The Kier molecular flexibility index (Phi) is 7.81. The third kappa shape index (κ3) is 6.42. The number of fused-ring (bicyclic) bond motifs is 1. The lowest BCUT2D eigenvalue weighted by Crippen LogP contribution is -2.49. The highest BCUT2D eigenvalue weighted by atomic mass is 16.6. The second-order valence-electron chi connectivity index (χ2n) is 7.76. The lowest BCUT2D eigenvalue weighted by molar-refractivity contribution is -0.122. The fraction of sp³-hybridized carbons (Fsp3) is 0.682. The molecule has 1 aromatic rings. The summed E-state index contributed by atoms with van der Waals surface area (Å²) >= 11 is 0. The molecule has 1 amide bonds. The van der Waals surface area contributed by atoms with Gasteiger partial charge in [-0.25, -0.2) is 0 Å². The van der Waals surface area contributed by atoms with Crippen LogP contribution in [0.2, 0.25) is 0 Å². The maximum Gasteiger partial charge on any atom is 0.220 e. The molecule has 27 heavy (non-hydrogen) atoms. The maximum absolute atomic E-state index is 12.4. The van der Waals surface area contributed by atoms with Gasteiger partial charge in [0.15, 0.2) is 11.5 Å². The average molecular weight is 375 g/mol. The number of benzene rings is 1. The predicted molar refractivity (Wildman–Crippen MR) is 107 cm³/mol. The highest BCUT2D eigenvalue weighted by Gasteiger charge is 2.22. The smallest absolute Gasteiger partial charge is 0.220 e. The Balaban J connectivity index is 1.52. The molecule has 1 aromatic carbocycles. The van der Waals surface area contributed by atoms with Crippen LogP contribution in [0.3, 0.4) is 0 Å². The Morgan fingerprint density at radius 2 is 1.89 bits per heavy atom. The first-order chi connectivity index (χ1) is 13.2. The van der Waals surface area contributed by atoms with Crippen LogP contribution in [0.5, 0.6) is 11.5 Å². The van der Waals surface area contributed by atoms with Gasteiger partial charge in [0, 0.05) is 19.0 Å². The first-order valence-electron chi connectivity index (χ1n) is 10.6. The van der Waals surface area contributed by atoms with Crippen LogP contribution in [0.15, 0.2) is 18.2 Å². The molecule has 1 atom stereocenters. The lowest BCUT2D eigenvalue weighted by atomic mass is 10.0. The van der Waals surface area contributed by atoms with Gasteiger partial charge in [-0.05, 0) is 50.0 Å². The zero-order valence-corrected chi connectivity index (χ0v) is 16.7. The third-order valence-electron chi connectivity index (χ3n) is 5.39. The van der Waals surface area contributed by atoms with Gasteiger partial charge >= 0.3 is 0 Å². The van der Waals surface area contributed by atoms with E-state index in [1.807, 2.05) is 6.07 Å². The van der Waals surface area contributed by atoms with Crippen molar-refractivity contribution in [3.05, 3.63) is 23.8 Å². The second-order valence-corrected chi connectivity index (χ2v) is 7.76. The minimum Gasteiger partial charge on any atom is -0.486 e. The summed E-state index contributed by atoms with van der Waals surface area (Å²) in [6.45, 7) is 6.64. The fourth-order valence-corrected chi connectivity index (χ4v) is 3.73.